The van der Waals surface area contributed by atoms with Gasteiger partial charge < -0.3 is 4.74 Å². The molecule has 1 aromatic heterocycles. The summed E-state index contributed by atoms with van der Waals surface area (Å²) in [5, 5.41) is 5.30. The number of hydrazone groups is 1. The molecule has 2 aromatic rings. The monoisotopic (exact) mass is 268 g/mol. The maximum atomic E-state index is 12.4. The maximum Gasteiger partial charge on any atom is 0.263 e. The van der Waals surface area contributed by atoms with Gasteiger partial charge in [0.2, 0.25) is 0 Å². The quantitative estimate of drug-likeness (QED) is 0.848. The van der Waals surface area contributed by atoms with E-state index in [0.717, 1.165) is 5.56 Å². The maximum absolute atomic E-state index is 12.4. The third-order valence-corrected chi connectivity index (χ3v) is 3.02. The second-order valence-electron chi connectivity index (χ2n) is 4.18. The number of para-hydroxylation sites is 1. The molecule has 2 heterocycles. The van der Waals surface area contributed by atoms with Crippen molar-refractivity contribution in [1.29, 1.82) is 0 Å². The van der Waals surface area contributed by atoms with Crippen LogP contribution >= 0.6 is 0 Å². The summed E-state index contributed by atoms with van der Waals surface area (Å²) in [6.45, 7) is 0. The molecule has 0 bridgehead atoms. The van der Waals surface area contributed by atoms with Gasteiger partial charge in [0.1, 0.15) is 11.7 Å². The summed E-state index contributed by atoms with van der Waals surface area (Å²) >= 11 is 0. The van der Waals surface area contributed by atoms with Crippen LogP contribution in [-0.4, -0.2) is 29.2 Å². The first kappa shape index (κ1) is 12.3. The predicted molar refractivity (Wildman–Crippen MR) is 73.7 cm³/mol. The van der Waals surface area contributed by atoms with Gasteiger partial charge in [-0.2, -0.15) is 10.1 Å². The van der Waals surface area contributed by atoms with Gasteiger partial charge in [0.25, 0.3) is 11.9 Å². The summed E-state index contributed by atoms with van der Waals surface area (Å²) in [4.78, 5) is 20.5. The van der Waals surface area contributed by atoms with Crippen LogP contribution < -0.4 is 9.75 Å². The van der Waals surface area contributed by atoms with E-state index in [4.69, 9.17) is 4.74 Å². The zero-order chi connectivity index (χ0) is 13.9. The average molecular weight is 268 g/mol. The van der Waals surface area contributed by atoms with Crippen LogP contribution in [0.15, 0.2) is 47.8 Å². The SMILES string of the molecule is COc1ccccc1C1C=NN(c2ncccn2)C1=O. The number of hydrogen-bond acceptors (Lipinski definition) is 5. The lowest BCUT2D eigenvalue weighted by molar-refractivity contribution is -0.118. The molecule has 1 aliphatic heterocycles. The van der Waals surface area contributed by atoms with E-state index in [0.29, 0.717) is 5.75 Å². The second kappa shape index (κ2) is 5.08. The van der Waals surface area contributed by atoms with Crippen LogP contribution in [0.3, 0.4) is 0 Å². The highest BCUT2D eigenvalue weighted by Gasteiger charge is 2.33. The van der Waals surface area contributed by atoms with E-state index in [1.807, 2.05) is 24.3 Å². The Morgan fingerprint density at radius 3 is 2.65 bits per heavy atom. The van der Waals surface area contributed by atoms with Crippen LogP contribution in [0.4, 0.5) is 5.95 Å². The lowest BCUT2D eigenvalue weighted by Gasteiger charge is -2.14. The number of carbonyl (C=O) groups excluding carboxylic acids is 1. The molecule has 6 heteroatoms. The highest BCUT2D eigenvalue weighted by Crippen LogP contribution is 2.30. The van der Waals surface area contributed by atoms with Gasteiger partial charge >= 0.3 is 0 Å². The topological polar surface area (TPSA) is 67.7 Å². The largest absolute Gasteiger partial charge is 0.496 e. The Kier molecular flexibility index (Phi) is 3.12. The zero-order valence-electron chi connectivity index (χ0n) is 10.8. The number of amides is 1. The van der Waals surface area contributed by atoms with Gasteiger partial charge in [-0.05, 0) is 12.1 Å². The summed E-state index contributed by atoms with van der Waals surface area (Å²) in [7, 11) is 1.58. The number of methoxy groups -OCH3 is 1. The van der Waals surface area contributed by atoms with Crippen LogP contribution in [0.1, 0.15) is 11.5 Å². The fourth-order valence-electron chi connectivity index (χ4n) is 2.07. The number of aromatic nitrogens is 2. The third kappa shape index (κ3) is 2.01. The molecule has 6 nitrogen and oxygen atoms in total. The Labute approximate surface area is 115 Å². The van der Waals surface area contributed by atoms with Crippen LogP contribution in [0.2, 0.25) is 0 Å². The predicted octanol–water partition coefficient (Wildman–Crippen LogP) is 1.60. The van der Waals surface area contributed by atoms with Gasteiger partial charge in [0.15, 0.2) is 0 Å². The van der Waals surface area contributed by atoms with Crippen LogP contribution in [0, 0.1) is 0 Å². The molecule has 3 rings (SSSR count). The fraction of sp³-hybridized carbons (Fsp3) is 0.143. The first-order valence-corrected chi connectivity index (χ1v) is 6.09. The summed E-state index contributed by atoms with van der Waals surface area (Å²) in [5.74, 6) is 0.259. The highest BCUT2D eigenvalue weighted by atomic mass is 16.5. The molecule has 0 saturated carbocycles. The van der Waals surface area contributed by atoms with Gasteiger partial charge in [0.05, 0.1) is 7.11 Å². The van der Waals surface area contributed by atoms with Crippen molar-refractivity contribution in [2.45, 2.75) is 5.92 Å². The fourth-order valence-corrected chi connectivity index (χ4v) is 2.07. The van der Waals surface area contributed by atoms with Crippen molar-refractivity contribution in [2.75, 3.05) is 12.1 Å². The molecule has 0 spiro atoms. The molecule has 0 fully saturated rings. The molecule has 0 saturated heterocycles. The minimum atomic E-state index is -0.477. The highest BCUT2D eigenvalue weighted by molar-refractivity contribution is 6.11. The summed E-state index contributed by atoms with van der Waals surface area (Å²) < 4.78 is 5.28. The molecule has 20 heavy (non-hydrogen) atoms. The van der Waals surface area contributed by atoms with Crippen molar-refractivity contribution in [3.63, 3.8) is 0 Å². The van der Waals surface area contributed by atoms with E-state index in [1.54, 1.807) is 31.8 Å². The zero-order valence-corrected chi connectivity index (χ0v) is 10.8. The number of ether oxygens (including phenoxy) is 1. The van der Waals surface area contributed by atoms with Gasteiger partial charge in [-0.25, -0.2) is 9.97 Å². The molecule has 1 amide bonds. The molecule has 1 atom stereocenters. The van der Waals surface area contributed by atoms with Crippen molar-refractivity contribution in [1.82, 2.24) is 9.97 Å². The van der Waals surface area contributed by atoms with Crippen LogP contribution in [-0.2, 0) is 4.79 Å². The average Bonchev–Trinajstić information content (AvgIpc) is 2.89. The molecular formula is C14H12N4O2. The molecular weight excluding hydrogens is 256 g/mol. The minimum absolute atomic E-state index is 0.194. The standard InChI is InChI=1S/C14H12N4O2/c1-20-12-6-3-2-5-10(12)11-9-17-18(13(11)19)14-15-7-4-8-16-14/h2-9,11H,1H3. The van der Waals surface area contributed by atoms with E-state index in [9.17, 15) is 4.79 Å². The number of carbonyl (C=O) groups is 1. The van der Waals surface area contributed by atoms with Gasteiger partial charge in [-0.3, -0.25) is 4.79 Å². The van der Waals surface area contributed by atoms with Crippen LogP contribution in [0.25, 0.3) is 0 Å². The summed E-state index contributed by atoms with van der Waals surface area (Å²) in [5.41, 5.74) is 0.780. The number of nitrogens with zero attached hydrogens (tertiary/aromatic N) is 4. The third-order valence-electron chi connectivity index (χ3n) is 3.02. The van der Waals surface area contributed by atoms with E-state index in [-0.39, 0.29) is 11.9 Å². The normalized spacial score (nSPS) is 17.6. The van der Waals surface area contributed by atoms with Crippen molar-refractivity contribution >= 4 is 18.1 Å². The molecule has 0 radical (unpaired) electrons. The Bertz CT molecular complexity index is 657. The molecule has 0 aliphatic carbocycles. The lowest BCUT2D eigenvalue weighted by atomic mass is 9.99. The Morgan fingerprint density at radius 2 is 1.90 bits per heavy atom. The smallest absolute Gasteiger partial charge is 0.263 e. The summed E-state index contributed by atoms with van der Waals surface area (Å²) in [6.07, 6.45) is 4.72. The number of benzene rings is 1. The van der Waals surface area contributed by atoms with Crippen LogP contribution in [0.5, 0.6) is 5.75 Å². The van der Waals surface area contributed by atoms with E-state index >= 15 is 0 Å². The molecule has 1 aliphatic rings. The van der Waals surface area contributed by atoms with Crippen molar-refractivity contribution in [3.05, 3.63) is 48.3 Å². The molecule has 1 aromatic carbocycles. The number of hydrogen-bond donors (Lipinski definition) is 0. The van der Waals surface area contributed by atoms with Crippen molar-refractivity contribution in [3.8, 4) is 5.75 Å². The van der Waals surface area contributed by atoms with Gasteiger partial charge in [-0.1, -0.05) is 18.2 Å². The van der Waals surface area contributed by atoms with E-state index < -0.39 is 5.92 Å². The number of anilines is 1. The van der Waals surface area contributed by atoms with Crippen molar-refractivity contribution < 1.29 is 9.53 Å². The van der Waals surface area contributed by atoms with E-state index in [1.165, 1.54) is 5.01 Å². The Balaban J connectivity index is 1.92. The minimum Gasteiger partial charge on any atom is -0.496 e. The second-order valence-corrected chi connectivity index (χ2v) is 4.18. The lowest BCUT2D eigenvalue weighted by Crippen LogP contribution is -2.26. The van der Waals surface area contributed by atoms with Gasteiger partial charge in [0, 0.05) is 24.2 Å². The molecule has 0 N–H and O–H groups in total. The first-order chi connectivity index (χ1) is 9.81. The molecule has 100 valence electrons. The first-order valence-electron chi connectivity index (χ1n) is 6.09. The Morgan fingerprint density at radius 1 is 1.15 bits per heavy atom. The Hall–Kier alpha value is -2.76. The van der Waals surface area contributed by atoms with Crippen molar-refractivity contribution in [2.24, 2.45) is 5.10 Å². The summed E-state index contributed by atoms with van der Waals surface area (Å²) in [6, 6.07) is 9.07. The number of rotatable bonds is 3. The van der Waals surface area contributed by atoms with E-state index in [2.05, 4.69) is 15.1 Å². The van der Waals surface area contributed by atoms with Gasteiger partial charge in [-0.15, -0.1) is 0 Å². The molecule has 1 unspecified atom stereocenters.